The molecule has 0 heterocycles. The molecular formula is C9H8NO7P. The van der Waals surface area contributed by atoms with Crippen LogP contribution < -0.4 is 0 Å². The third-order valence-corrected chi connectivity index (χ3v) is 2.89. The zero-order valence-electron chi connectivity index (χ0n) is 8.76. The highest BCUT2D eigenvalue weighted by Crippen LogP contribution is 2.45. The summed E-state index contributed by atoms with van der Waals surface area (Å²) in [5, 5.41) is 17.9. The number of nitro benzene ring substituents is 1. The third kappa shape index (κ3) is 3.49. The van der Waals surface area contributed by atoms with Gasteiger partial charge in [-0.3, -0.25) is 14.7 Å². The molecular weight excluding hydrogens is 265 g/mol. The summed E-state index contributed by atoms with van der Waals surface area (Å²) in [5.41, 5.74) is -0.0680. The standard InChI is InChI=1S/C9H8NO7P/c11-9(12)8(18(15,16)17)5-6-1-3-7(4-2-6)10(13)14/h1-5H,(H,11,12)(H2,15,16,17)/b8-5+. The van der Waals surface area contributed by atoms with E-state index >= 15 is 0 Å². The number of carboxylic acid groups (broad SMARTS) is 1. The first-order valence-electron chi connectivity index (χ1n) is 4.47. The molecule has 96 valence electrons. The number of nitro groups is 1. The SMILES string of the molecule is O=C(O)/C(=C\c1ccc([N+](=O)[O-])cc1)P(=O)(O)O. The van der Waals surface area contributed by atoms with Crippen molar-refractivity contribution in [2.75, 3.05) is 0 Å². The van der Waals surface area contributed by atoms with Crippen LogP contribution in [0, 0.1) is 10.1 Å². The van der Waals surface area contributed by atoms with Gasteiger partial charge in [0.1, 0.15) is 5.31 Å². The second-order valence-electron chi connectivity index (χ2n) is 3.23. The van der Waals surface area contributed by atoms with Crippen LogP contribution in [-0.2, 0) is 9.36 Å². The van der Waals surface area contributed by atoms with Crippen LogP contribution in [0.25, 0.3) is 6.08 Å². The van der Waals surface area contributed by atoms with Gasteiger partial charge in [0.2, 0.25) is 0 Å². The van der Waals surface area contributed by atoms with Crippen LogP contribution >= 0.6 is 7.60 Å². The van der Waals surface area contributed by atoms with Crippen LogP contribution in [0.5, 0.6) is 0 Å². The van der Waals surface area contributed by atoms with E-state index in [1.165, 1.54) is 12.1 Å². The Morgan fingerprint density at radius 2 is 1.78 bits per heavy atom. The zero-order chi connectivity index (χ0) is 13.9. The van der Waals surface area contributed by atoms with E-state index in [2.05, 4.69) is 0 Å². The first-order valence-corrected chi connectivity index (χ1v) is 6.08. The first kappa shape index (κ1) is 14.0. The molecule has 1 aromatic rings. The molecule has 0 spiro atoms. The molecule has 0 fully saturated rings. The van der Waals surface area contributed by atoms with Crippen LogP contribution in [0.4, 0.5) is 5.69 Å². The van der Waals surface area contributed by atoms with Gasteiger partial charge in [-0.05, 0) is 23.8 Å². The lowest BCUT2D eigenvalue weighted by Gasteiger charge is -2.04. The smallest absolute Gasteiger partial charge is 0.363 e. The van der Waals surface area contributed by atoms with Crippen LogP contribution in [0.1, 0.15) is 5.56 Å². The Labute approximate surface area is 100 Å². The molecule has 18 heavy (non-hydrogen) atoms. The number of benzene rings is 1. The van der Waals surface area contributed by atoms with E-state index in [4.69, 9.17) is 14.9 Å². The molecule has 9 heteroatoms. The van der Waals surface area contributed by atoms with Crippen LogP contribution in [-0.4, -0.2) is 25.8 Å². The monoisotopic (exact) mass is 273 g/mol. The maximum absolute atomic E-state index is 10.9. The number of rotatable bonds is 4. The summed E-state index contributed by atoms with van der Waals surface area (Å²) in [6.45, 7) is 0. The lowest BCUT2D eigenvalue weighted by atomic mass is 10.2. The molecule has 0 aromatic heterocycles. The molecule has 0 unspecified atom stereocenters. The Kier molecular flexibility index (Phi) is 3.97. The number of carbonyl (C=O) groups is 1. The Bertz CT molecular complexity index is 557. The predicted octanol–water partition coefficient (Wildman–Crippen LogP) is 1.20. The van der Waals surface area contributed by atoms with Gasteiger partial charge < -0.3 is 14.9 Å². The zero-order valence-corrected chi connectivity index (χ0v) is 9.65. The van der Waals surface area contributed by atoms with Crippen LogP contribution in [0.3, 0.4) is 0 Å². The number of hydrogen-bond donors (Lipinski definition) is 3. The maximum atomic E-state index is 10.9. The van der Waals surface area contributed by atoms with Gasteiger partial charge in [-0.1, -0.05) is 0 Å². The molecule has 0 saturated heterocycles. The summed E-state index contributed by atoms with van der Waals surface area (Å²) < 4.78 is 10.9. The fraction of sp³-hybridized carbons (Fsp3) is 0. The third-order valence-electron chi connectivity index (χ3n) is 1.94. The minimum atomic E-state index is -4.90. The average molecular weight is 273 g/mol. The fourth-order valence-electron chi connectivity index (χ4n) is 1.12. The van der Waals surface area contributed by atoms with Crippen LogP contribution in [0.15, 0.2) is 29.6 Å². The molecule has 0 amide bonds. The summed E-state index contributed by atoms with van der Waals surface area (Å²) in [6.07, 6.45) is 0.771. The molecule has 8 nitrogen and oxygen atoms in total. The highest BCUT2D eigenvalue weighted by Gasteiger charge is 2.27. The molecule has 3 N–H and O–H groups in total. The molecule has 0 atom stereocenters. The van der Waals surface area contributed by atoms with E-state index in [9.17, 15) is 19.5 Å². The normalized spacial score (nSPS) is 12.2. The van der Waals surface area contributed by atoms with Crippen molar-refractivity contribution >= 4 is 25.3 Å². The van der Waals surface area contributed by atoms with Crippen molar-refractivity contribution in [2.24, 2.45) is 0 Å². The topological polar surface area (TPSA) is 138 Å². The molecule has 0 aliphatic heterocycles. The van der Waals surface area contributed by atoms with Gasteiger partial charge >= 0.3 is 13.6 Å². The van der Waals surface area contributed by atoms with Gasteiger partial charge in [0.15, 0.2) is 0 Å². The molecule has 1 rings (SSSR count). The molecule has 0 radical (unpaired) electrons. The highest BCUT2D eigenvalue weighted by molar-refractivity contribution is 7.58. The summed E-state index contributed by atoms with van der Waals surface area (Å²) in [5.74, 6) is -1.75. The van der Waals surface area contributed by atoms with E-state index in [-0.39, 0.29) is 11.3 Å². The van der Waals surface area contributed by atoms with Gasteiger partial charge in [0.05, 0.1) is 4.92 Å². The summed E-state index contributed by atoms with van der Waals surface area (Å²) in [7, 11) is -4.90. The van der Waals surface area contributed by atoms with Crippen molar-refractivity contribution in [3.05, 3.63) is 45.3 Å². The van der Waals surface area contributed by atoms with Crippen molar-refractivity contribution in [2.45, 2.75) is 0 Å². The minimum Gasteiger partial charge on any atom is -0.477 e. The number of nitrogens with zero attached hydrogens (tertiary/aromatic N) is 1. The number of aliphatic carboxylic acids is 1. The minimum absolute atomic E-state index is 0.140. The van der Waals surface area contributed by atoms with Gasteiger partial charge in [-0.15, -0.1) is 0 Å². The van der Waals surface area contributed by atoms with Crippen molar-refractivity contribution in [1.29, 1.82) is 0 Å². The van der Waals surface area contributed by atoms with Crippen molar-refractivity contribution in [1.82, 2.24) is 0 Å². The Balaban J connectivity index is 3.18. The molecule has 0 aliphatic rings. The highest BCUT2D eigenvalue weighted by atomic mass is 31.2. The lowest BCUT2D eigenvalue weighted by Crippen LogP contribution is -2.01. The van der Waals surface area contributed by atoms with E-state index in [1.54, 1.807) is 0 Å². The summed E-state index contributed by atoms with van der Waals surface area (Å²) in [6, 6.07) is 4.59. The Hall–Kier alpha value is -2.02. The second kappa shape index (κ2) is 5.09. The van der Waals surface area contributed by atoms with E-state index in [0.29, 0.717) is 0 Å². The molecule has 0 saturated carbocycles. The summed E-state index contributed by atoms with van der Waals surface area (Å²) >= 11 is 0. The van der Waals surface area contributed by atoms with Gasteiger partial charge in [0, 0.05) is 12.1 Å². The number of hydrogen-bond acceptors (Lipinski definition) is 4. The Morgan fingerprint density at radius 3 is 2.11 bits per heavy atom. The van der Waals surface area contributed by atoms with Crippen molar-refractivity contribution in [3.8, 4) is 0 Å². The predicted molar refractivity (Wildman–Crippen MR) is 60.8 cm³/mol. The molecule has 0 bridgehead atoms. The number of non-ortho nitro benzene ring substituents is 1. The van der Waals surface area contributed by atoms with Crippen molar-refractivity contribution in [3.63, 3.8) is 0 Å². The van der Waals surface area contributed by atoms with E-state index in [1.807, 2.05) is 0 Å². The maximum Gasteiger partial charge on any atom is 0.363 e. The van der Waals surface area contributed by atoms with Gasteiger partial charge in [0.25, 0.3) is 5.69 Å². The largest absolute Gasteiger partial charge is 0.477 e. The quantitative estimate of drug-likeness (QED) is 0.324. The van der Waals surface area contributed by atoms with E-state index in [0.717, 1.165) is 18.2 Å². The molecule has 1 aromatic carbocycles. The average Bonchev–Trinajstić information content (AvgIpc) is 2.24. The van der Waals surface area contributed by atoms with Crippen molar-refractivity contribution < 1.29 is 29.2 Å². The lowest BCUT2D eigenvalue weighted by molar-refractivity contribution is -0.384. The Morgan fingerprint density at radius 1 is 1.28 bits per heavy atom. The van der Waals surface area contributed by atoms with Gasteiger partial charge in [-0.2, -0.15) is 0 Å². The number of carboxylic acids is 1. The fourth-order valence-corrected chi connectivity index (χ4v) is 1.69. The van der Waals surface area contributed by atoms with E-state index < -0.39 is 23.8 Å². The molecule has 0 aliphatic carbocycles. The van der Waals surface area contributed by atoms with Crippen LogP contribution in [0.2, 0.25) is 0 Å². The first-order chi connectivity index (χ1) is 8.21. The second-order valence-corrected chi connectivity index (χ2v) is 4.80. The summed E-state index contributed by atoms with van der Waals surface area (Å²) in [4.78, 5) is 38.0. The van der Waals surface area contributed by atoms with Gasteiger partial charge in [-0.25, -0.2) is 4.79 Å².